The van der Waals surface area contributed by atoms with Gasteiger partial charge in [0.25, 0.3) is 5.91 Å². The fraction of sp³-hybridized carbons (Fsp3) is 0.509. The number of hydrogen-bond acceptors (Lipinski definition) is 12. The molecule has 0 bridgehead atoms. The number of rotatable bonds is 17. The molecule has 0 spiro atoms. The maximum Gasteiger partial charge on any atom is 0.253 e. The van der Waals surface area contributed by atoms with E-state index in [9.17, 15) is 14.4 Å². The normalized spacial score (nSPS) is 19.3. The molecule has 8 heterocycles. The zero-order valence-corrected chi connectivity index (χ0v) is 45.6. The Morgan fingerprint density at radius 2 is 1.65 bits per heavy atom. The Labute approximate surface area is 441 Å². The molecule has 4 aliphatic heterocycles. The van der Waals surface area contributed by atoms with Crippen LogP contribution in [0.3, 0.4) is 0 Å². The van der Waals surface area contributed by atoms with Crippen molar-refractivity contribution in [2.24, 2.45) is 13.0 Å². The number of fused-ring (bicyclic) bond motifs is 2. The zero-order chi connectivity index (χ0) is 52.4. The summed E-state index contributed by atoms with van der Waals surface area (Å²) in [5, 5.41) is 6.33. The summed E-state index contributed by atoms with van der Waals surface area (Å²) in [6.07, 6.45) is 6.51. The highest BCUT2D eigenvalue weighted by atomic mass is 28.3. The number of aryl methyl sites for hydroxylation is 1. The van der Waals surface area contributed by atoms with E-state index in [0.29, 0.717) is 37.4 Å². The monoisotopic (exact) mass is 1040 g/mol. The Balaban J connectivity index is 0.685. The molecule has 0 aliphatic carbocycles. The number of piperazine rings is 1. The number of anilines is 2. The van der Waals surface area contributed by atoms with Crippen molar-refractivity contribution in [2.45, 2.75) is 102 Å². The van der Waals surface area contributed by atoms with Gasteiger partial charge in [0.2, 0.25) is 17.8 Å². The second-order valence-corrected chi connectivity index (χ2v) is 28.1. The molecule has 16 nitrogen and oxygen atoms in total. The van der Waals surface area contributed by atoms with Gasteiger partial charge < -0.3 is 33.7 Å². The molecule has 4 aliphatic rings. The number of aromatic nitrogens is 5. The van der Waals surface area contributed by atoms with E-state index in [1.807, 2.05) is 23.2 Å². The second-order valence-electron chi connectivity index (χ2n) is 22.5. The fourth-order valence-electron chi connectivity index (χ4n) is 11.6. The predicted molar refractivity (Wildman–Crippen MR) is 294 cm³/mol. The van der Waals surface area contributed by atoms with E-state index in [4.69, 9.17) is 19.4 Å². The van der Waals surface area contributed by atoms with Crippen molar-refractivity contribution >= 4 is 59.4 Å². The van der Waals surface area contributed by atoms with Gasteiger partial charge in [0, 0.05) is 110 Å². The molecule has 1 unspecified atom stereocenters. The van der Waals surface area contributed by atoms with Crippen LogP contribution in [0.15, 0.2) is 72.9 Å². The lowest BCUT2D eigenvalue weighted by atomic mass is 9.88. The Bertz CT molecular complexity index is 3000. The van der Waals surface area contributed by atoms with Crippen LogP contribution in [0.1, 0.15) is 84.8 Å². The van der Waals surface area contributed by atoms with Crippen LogP contribution >= 0.6 is 0 Å². The van der Waals surface area contributed by atoms with Crippen LogP contribution in [-0.4, -0.2) is 143 Å². The van der Waals surface area contributed by atoms with Gasteiger partial charge in [-0.2, -0.15) is 4.39 Å². The molecule has 4 fully saturated rings. The third-order valence-electron chi connectivity index (χ3n) is 16.2. The third-order valence-corrected chi connectivity index (χ3v) is 18.0. The number of imidazole rings is 1. The smallest absolute Gasteiger partial charge is 0.253 e. The first-order valence-electron chi connectivity index (χ1n) is 27.1. The summed E-state index contributed by atoms with van der Waals surface area (Å²) in [5.41, 5.74) is 8.65. The first kappa shape index (κ1) is 52.4. The van der Waals surface area contributed by atoms with Gasteiger partial charge in [0.05, 0.1) is 16.7 Å². The van der Waals surface area contributed by atoms with Gasteiger partial charge in [-0.15, -0.1) is 0 Å². The largest absolute Gasteiger partial charge is 0.377 e. The van der Waals surface area contributed by atoms with Crippen molar-refractivity contribution in [1.29, 1.82) is 0 Å². The molecular weight excluding hydrogens is 966 g/mol. The van der Waals surface area contributed by atoms with E-state index in [1.54, 1.807) is 19.2 Å². The number of halogens is 1. The molecule has 4 aromatic heterocycles. The van der Waals surface area contributed by atoms with Gasteiger partial charge in [0.15, 0.2) is 0 Å². The Kier molecular flexibility index (Phi) is 15.8. The number of ether oxygens (including phenoxy) is 2. The van der Waals surface area contributed by atoms with E-state index >= 15 is 4.39 Å². The number of amides is 3. The molecule has 18 heteroatoms. The van der Waals surface area contributed by atoms with Crippen molar-refractivity contribution < 1.29 is 28.2 Å². The fourth-order valence-corrected chi connectivity index (χ4v) is 12.4. The predicted octanol–water partition coefficient (Wildman–Crippen LogP) is 8.41. The average Bonchev–Trinajstić information content (AvgIpc) is 3.97. The molecule has 2 N–H and O–H groups in total. The Hall–Kier alpha value is -6.05. The third kappa shape index (κ3) is 11.8. The van der Waals surface area contributed by atoms with Gasteiger partial charge in [-0.3, -0.25) is 29.5 Å². The summed E-state index contributed by atoms with van der Waals surface area (Å²) < 4.78 is 31.1. The quantitative estimate of drug-likeness (QED) is 0.0390. The molecule has 4 saturated heterocycles. The molecule has 0 saturated carbocycles. The number of pyridine rings is 2. The lowest BCUT2D eigenvalue weighted by molar-refractivity contribution is -0.133. The molecule has 75 heavy (non-hydrogen) atoms. The summed E-state index contributed by atoms with van der Waals surface area (Å²) >= 11 is 0. The molecule has 398 valence electrons. The number of methoxy groups -OCH3 is 1. The first-order valence-corrected chi connectivity index (χ1v) is 30.8. The number of likely N-dealkylation sites (tertiary alicyclic amines) is 2. The molecular formula is C57H74FN11O5Si. The van der Waals surface area contributed by atoms with Crippen LogP contribution in [0.2, 0.25) is 25.7 Å². The van der Waals surface area contributed by atoms with Crippen molar-refractivity contribution in [3.8, 4) is 11.1 Å². The highest BCUT2D eigenvalue weighted by Gasteiger charge is 2.31. The van der Waals surface area contributed by atoms with Gasteiger partial charge >= 0.3 is 0 Å². The van der Waals surface area contributed by atoms with E-state index in [0.717, 1.165) is 142 Å². The number of imide groups is 1. The van der Waals surface area contributed by atoms with Crippen LogP contribution in [0, 0.1) is 11.9 Å². The molecule has 2 aromatic carbocycles. The topological polar surface area (TPSA) is 155 Å². The lowest BCUT2D eigenvalue weighted by Gasteiger charge is -2.39. The van der Waals surface area contributed by atoms with Crippen LogP contribution in [0.25, 0.3) is 33.2 Å². The maximum absolute atomic E-state index is 15.0. The van der Waals surface area contributed by atoms with Crippen LogP contribution < -0.4 is 15.5 Å². The number of carbonyl (C=O) groups is 3. The van der Waals surface area contributed by atoms with E-state index in [-0.39, 0.29) is 30.0 Å². The molecule has 0 radical (unpaired) electrons. The number of nitrogens with zero attached hydrogens (tertiary/aromatic N) is 9. The number of nitrogens with one attached hydrogen (secondary N) is 2. The van der Waals surface area contributed by atoms with Gasteiger partial charge in [0.1, 0.15) is 36.7 Å². The van der Waals surface area contributed by atoms with Gasteiger partial charge in [-0.25, -0.2) is 15.0 Å². The minimum atomic E-state index is -1.20. The van der Waals surface area contributed by atoms with Crippen molar-refractivity contribution in [2.75, 3.05) is 82.8 Å². The summed E-state index contributed by atoms with van der Waals surface area (Å²) in [4.78, 5) is 60.6. The number of carbonyl (C=O) groups excluding carboxylic acids is 3. The van der Waals surface area contributed by atoms with E-state index in [2.05, 4.69) is 116 Å². The molecule has 10 rings (SSSR count). The minimum absolute atomic E-state index is 0.115. The second kappa shape index (κ2) is 22.7. The highest BCUT2D eigenvalue weighted by molar-refractivity contribution is 6.76. The highest BCUT2D eigenvalue weighted by Crippen LogP contribution is 2.37. The number of piperidine rings is 3. The SMILES string of the molecule is COCc1nc2cc(-c3ccnc4c3cc([C@H](C)N3CCC(c5ccc(C(=O)N6CCC(CN7CCN(c8ccc(NC9CCC(=O)NC9=O)c(F)n8)CC7)CC6)cc5)CC3)n4C)ccc2n1COCC[Si](C)(C)C. The van der Waals surface area contributed by atoms with Crippen LogP contribution in [0.4, 0.5) is 15.9 Å². The molecule has 3 amide bonds. The lowest BCUT2D eigenvalue weighted by Crippen LogP contribution is -2.49. The molecule has 6 aromatic rings. The summed E-state index contributed by atoms with van der Waals surface area (Å²) in [7, 11) is 2.64. The van der Waals surface area contributed by atoms with Crippen molar-refractivity contribution in [3.05, 3.63) is 102 Å². The van der Waals surface area contributed by atoms with Gasteiger partial charge in [-0.05, 0) is 135 Å². The van der Waals surface area contributed by atoms with E-state index in [1.165, 1.54) is 11.3 Å². The Morgan fingerprint density at radius 1 is 0.893 bits per heavy atom. The standard InChI is InChI=1S/C57H74FN11O5Si/c1-38(50-34-45-44(17-22-59-55(45)64(50)2)43-11-14-49-48(33-43)61-52(36-73-3)69(49)37-74-31-32-75(4,5)6)66-25-20-41(21-26-66)40-7-9-42(10-8-40)57(72)68-23-18-39(19-24-68)35-65-27-29-67(30-28-65)51-15-12-46(54(58)62-51)60-47-13-16-53(70)63-56(47)71/h7-12,14-15,17,22,33-34,38-39,41,47,60H,13,16,18-21,23-32,35-37H2,1-6H3,(H,63,70,71)/t38-,47?/m0/s1. The number of hydrogen-bond donors (Lipinski definition) is 2. The van der Waals surface area contributed by atoms with Crippen molar-refractivity contribution in [1.82, 2.24) is 44.1 Å². The minimum Gasteiger partial charge on any atom is -0.377 e. The zero-order valence-electron chi connectivity index (χ0n) is 44.6. The summed E-state index contributed by atoms with van der Waals surface area (Å²) in [5.74, 6) is 1.10. The summed E-state index contributed by atoms with van der Waals surface area (Å²) in [6.45, 7) is 18.7. The van der Waals surface area contributed by atoms with E-state index < -0.39 is 26.0 Å². The van der Waals surface area contributed by atoms with Gasteiger partial charge in [-0.1, -0.05) is 37.8 Å². The summed E-state index contributed by atoms with van der Waals surface area (Å²) in [6, 6.07) is 23.5. The maximum atomic E-state index is 15.0. The first-order chi connectivity index (χ1) is 36.2. The van der Waals surface area contributed by atoms with Crippen LogP contribution in [-0.2, 0) is 39.4 Å². The Morgan fingerprint density at radius 3 is 2.36 bits per heavy atom. The average molecular weight is 1040 g/mol. The van der Waals surface area contributed by atoms with Crippen molar-refractivity contribution in [3.63, 3.8) is 0 Å². The molecule has 2 atom stereocenters. The number of benzene rings is 2. The van der Waals surface area contributed by atoms with Crippen LogP contribution in [0.5, 0.6) is 0 Å².